The highest BCUT2D eigenvalue weighted by atomic mass is 16.5. The van der Waals surface area contributed by atoms with Crippen LogP contribution in [0.25, 0.3) is 0 Å². The van der Waals surface area contributed by atoms with E-state index < -0.39 is 53.7 Å². The average Bonchev–Trinajstić information content (AvgIpc) is 3.34. The van der Waals surface area contributed by atoms with Crippen molar-refractivity contribution >= 4 is 53.3 Å². The molecular weight excluding hydrogens is 616 g/mol. The predicted molar refractivity (Wildman–Crippen MR) is 168 cm³/mol. The molecule has 0 fully saturated rings. The Labute approximate surface area is 271 Å². The van der Waals surface area contributed by atoms with Crippen molar-refractivity contribution in [2.45, 2.75) is 64.6 Å². The molecule has 9 amide bonds. The average molecular weight is 659 g/mol. The van der Waals surface area contributed by atoms with Gasteiger partial charge >= 0.3 is 18.0 Å². The zero-order valence-corrected chi connectivity index (χ0v) is 26.3. The van der Waals surface area contributed by atoms with E-state index in [2.05, 4.69) is 26.6 Å². The van der Waals surface area contributed by atoms with Crippen LogP contribution in [0.1, 0.15) is 51.5 Å². The highest BCUT2D eigenvalue weighted by Crippen LogP contribution is 2.13. The van der Waals surface area contributed by atoms with Crippen LogP contribution >= 0.6 is 0 Å². The van der Waals surface area contributed by atoms with Gasteiger partial charge in [-0.25, -0.2) is 9.59 Å². The van der Waals surface area contributed by atoms with Crippen LogP contribution in [0.5, 0.6) is 0 Å². The number of esters is 1. The molecular formula is C30H42N8O9. The lowest BCUT2D eigenvalue weighted by Gasteiger charge is -2.24. The molecule has 17 heteroatoms. The lowest BCUT2D eigenvalue weighted by molar-refractivity contribution is -0.148. The summed E-state index contributed by atoms with van der Waals surface area (Å²) in [5.41, 5.74) is 11.3. The molecule has 0 saturated heterocycles. The normalized spacial score (nSPS) is 13.5. The first kappa shape index (κ1) is 37.7. The van der Waals surface area contributed by atoms with E-state index in [1.165, 1.54) is 0 Å². The van der Waals surface area contributed by atoms with Crippen molar-refractivity contribution in [3.05, 3.63) is 42.0 Å². The summed E-state index contributed by atoms with van der Waals surface area (Å²) in [7, 11) is 0. The van der Waals surface area contributed by atoms with Crippen molar-refractivity contribution in [2.24, 2.45) is 17.4 Å². The summed E-state index contributed by atoms with van der Waals surface area (Å²) in [4.78, 5) is 97.9. The van der Waals surface area contributed by atoms with Crippen LogP contribution in [0.4, 0.5) is 15.3 Å². The second-order valence-corrected chi connectivity index (χ2v) is 10.9. The number of imide groups is 1. The summed E-state index contributed by atoms with van der Waals surface area (Å²) >= 11 is 0. The van der Waals surface area contributed by atoms with Gasteiger partial charge in [-0.15, -0.1) is 0 Å². The standard InChI is InChI=1S/C30H42N8O9/c1-18(2)28(44)47-17-19-7-9-20(10-8-19)35-26(42)22(6-4-15-34-30(32)46)37-27(43)21(5-3-14-33-29(31)45)36-23(39)13-16-38-24(40)11-12-25(38)41/h7-12,18,21-22H,3-6,13-17H2,1-2H3,(H,35,42)(H,36,39)(H,37,43)(H3,31,33,45)(H3,32,34,46)/t21-,22-/m0/s1. The van der Waals surface area contributed by atoms with Crippen molar-refractivity contribution < 1.29 is 43.1 Å². The van der Waals surface area contributed by atoms with E-state index in [0.29, 0.717) is 11.3 Å². The molecule has 1 heterocycles. The van der Waals surface area contributed by atoms with E-state index in [-0.39, 0.29) is 70.2 Å². The smallest absolute Gasteiger partial charge is 0.312 e. The summed E-state index contributed by atoms with van der Waals surface area (Å²) in [6.07, 6.45) is 2.51. The minimum absolute atomic E-state index is 0.0431. The molecule has 9 N–H and O–H groups in total. The summed E-state index contributed by atoms with van der Waals surface area (Å²) < 4.78 is 5.21. The molecule has 1 aromatic rings. The van der Waals surface area contributed by atoms with Crippen molar-refractivity contribution in [1.82, 2.24) is 26.2 Å². The Kier molecular flexibility index (Phi) is 15.3. The molecule has 17 nitrogen and oxygen atoms in total. The molecule has 2 rings (SSSR count). The fourth-order valence-corrected chi connectivity index (χ4v) is 4.21. The first-order valence-corrected chi connectivity index (χ1v) is 15.0. The van der Waals surface area contributed by atoms with Gasteiger partial charge in [-0.3, -0.25) is 33.7 Å². The third-order valence-electron chi connectivity index (χ3n) is 6.76. The molecule has 0 radical (unpaired) electrons. The summed E-state index contributed by atoms with van der Waals surface area (Å²) in [5.74, 6) is -3.67. The number of carbonyl (C=O) groups excluding carboxylic acids is 8. The van der Waals surface area contributed by atoms with Crippen LogP contribution in [0, 0.1) is 5.92 Å². The zero-order chi connectivity index (χ0) is 34.9. The molecule has 256 valence electrons. The molecule has 1 aliphatic heterocycles. The van der Waals surface area contributed by atoms with Gasteiger partial charge in [0.05, 0.1) is 5.92 Å². The van der Waals surface area contributed by atoms with Gasteiger partial charge in [-0.2, -0.15) is 0 Å². The number of urea groups is 2. The number of amides is 9. The maximum atomic E-state index is 13.4. The lowest BCUT2D eigenvalue weighted by Crippen LogP contribution is -2.53. The number of nitrogens with zero attached hydrogens (tertiary/aromatic N) is 1. The first-order valence-electron chi connectivity index (χ1n) is 15.0. The summed E-state index contributed by atoms with van der Waals surface area (Å²) in [6, 6.07) is 2.74. The van der Waals surface area contributed by atoms with Crippen LogP contribution in [0.2, 0.25) is 0 Å². The van der Waals surface area contributed by atoms with Gasteiger partial charge in [-0.1, -0.05) is 26.0 Å². The third-order valence-corrected chi connectivity index (χ3v) is 6.76. The van der Waals surface area contributed by atoms with E-state index in [0.717, 1.165) is 17.1 Å². The Hall–Kier alpha value is -5.48. The molecule has 0 unspecified atom stereocenters. The predicted octanol–water partition coefficient (Wildman–Crippen LogP) is -0.494. The van der Waals surface area contributed by atoms with Crippen LogP contribution in [-0.2, 0) is 40.1 Å². The number of benzene rings is 1. The minimum atomic E-state index is -1.16. The Morgan fingerprint density at radius 2 is 1.32 bits per heavy atom. The van der Waals surface area contributed by atoms with Gasteiger partial charge in [0.2, 0.25) is 17.7 Å². The number of hydrogen-bond acceptors (Lipinski definition) is 9. The van der Waals surface area contributed by atoms with Crippen molar-refractivity contribution in [3.8, 4) is 0 Å². The lowest BCUT2D eigenvalue weighted by atomic mass is 10.1. The van der Waals surface area contributed by atoms with E-state index in [1.807, 2.05) is 0 Å². The molecule has 1 aliphatic rings. The summed E-state index contributed by atoms with van der Waals surface area (Å²) in [5, 5.41) is 12.7. The minimum Gasteiger partial charge on any atom is -0.461 e. The molecule has 0 spiro atoms. The monoisotopic (exact) mass is 658 g/mol. The second-order valence-electron chi connectivity index (χ2n) is 10.9. The maximum absolute atomic E-state index is 13.4. The van der Waals surface area contributed by atoms with E-state index in [4.69, 9.17) is 16.2 Å². The number of nitrogens with one attached hydrogen (secondary N) is 5. The van der Waals surface area contributed by atoms with E-state index in [9.17, 15) is 38.4 Å². The number of rotatable bonds is 19. The number of hydrogen-bond donors (Lipinski definition) is 7. The van der Waals surface area contributed by atoms with Crippen molar-refractivity contribution in [2.75, 3.05) is 25.0 Å². The van der Waals surface area contributed by atoms with Crippen LogP contribution < -0.4 is 38.1 Å². The highest BCUT2D eigenvalue weighted by Gasteiger charge is 2.28. The van der Waals surface area contributed by atoms with Crippen LogP contribution in [0.15, 0.2) is 36.4 Å². The van der Waals surface area contributed by atoms with Gasteiger partial charge < -0.3 is 42.8 Å². The fourth-order valence-electron chi connectivity index (χ4n) is 4.21. The molecule has 1 aromatic carbocycles. The molecule has 2 atom stereocenters. The van der Waals surface area contributed by atoms with Gasteiger partial charge in [0, 0.05) is 43.9 Å². The van der Waals surface area contributed by atoms with E-state index in [1.54, 1.807) is 38.1 Å². The third kappa shape index (κ3) is 14.0. The highest BCUT2D eigenvalue weighted by molar-refractivity contribution is 6.13. The van der Waals surface area contributed by atoms with Gasteiger partial charge in [0.25, 0.3) is 11.8 Å². The molecule has 0 aromatic heterocycles. The number of nitrogens with two attached hydrogens (primary N) is 2. The largest absolute Gasteiger partial charge is 0.461 e. The molecule has 47 heavy (non-hydrogen) atoms. The summed E-state index contributed by atoms with van der Waals surface area (Å²) in [6.45, 7) is 3.52. The Bertz CT molecular complexity index is 1330. The number of anilines is 1. The number of ether oxygens (including phenoxy) is 1. The van der Waals surface area contributed by atoms with Crippen molar-refractivity contribution in [3.63, 3.8) is 0 Å². The first-order chi connectivity index (χ1) is 22.3. The second kappa shape index (κ2) is 19.1. The number of carbonyl (C=O) groups is 8. The SMILES string of the molecule is CC(C)C(=O)OCc1ccc(NC(=O)[C@H](CCCNC(N)=O)NC(=O)[C@H](CCCNC(N)=O)NC(=O)CCN2C(=O)C=CC2=O)cc1. The quantitative estimate of drug-likeness (QED) is 0.0573. The van der Waals surface area contributed by atoms with E-state index >= 15 is 0 Å². The van der Waals surface area contributed by atoms with Crippen LogP contribution in [-0.4, -0.2) is 84.2 Å². The molecule has 0 aliphatic carbocycles. The zero-order valence-electron chi connectivity index (χ0n) is 26.3. The Balaban J connectivity index is 2.11. The van der Waals surface area contributed by atoms with Gasteiger partial charge in [0.15, 0.2) is 0 Å². The Morgan fingerprint density at radius 1 is 0.787 bits per heavy atom. The maximum Gasteiger partial charge on any atom is 0.312 e. The Morgan fingerprint density at radius 3 is 1.83 bits per heavy atom. The number of primary amides is 2. The molecule has 0 bridgehead atoms. The van der Waals surface area contributed by atoms with Crippen molar-refractivity contribution in [1.29, 1.82) is 0 Å². The fraction of sp³-hybridized carbons (Fsp3) is 0.467. The topological polar surface area (TPSA) is 261 Å². The van der Waals surface area contributed by atoms with Gasteiger partial charge in [0.1, 0.15) is 18.7 Å². The van der Waals surface area contributed by atoms with Crippen LogP contribution in [0.3, 0.4) is 0 Å². The van der Waals surface area contributed by atoms with Gasteiger partial charge in [-0.05, 0) is 43.4 Å². The molecule has 0 saturated carbocycles.